The van der Waals surface area contributed by atoms with E-state index in [1.165, 1.54) is 19.3 Å². The summed E-state index contributed by atoms with van der Waals surface area (Å²) >= 11 is 0. The van der Waals surface area contributed by atoms with Crippen LogP contribution in [0.15, 0.2) is 0 Å². The molecule has 0 aliphatic carbocycles. The Labute approximate surface area is 124 Å². The average molecular weight is 283 g/mol. The van der Waals surface area contributed by atoms with Gasteiger partial charge < -0.3 is 14.8 Å². The molecule has 3 heteroatoms. The predicted octanol–water partition coefficient (Wildman–Crippen LogP) is 3.38. The van der Waals surface area contributed by atoms with Crippen LogP contribution < -0.4 is 5.32 Å². The largest absolute Gasteiger partial charge is 0.381 e. The van der Waals surface area contributed by atoms with Crippen LogP contribution in [0.25, 0.3) is 0 Å². The van der Waals surface area contributed by atoms with Crippen molar-refractivity contribution in [2.45, 2.75) is 70.9 Å². The van der Waals surface area contributed by atoms with Gasteiger partial charge in [0.05, 0.1) is 5.60 Å². The van der Waals surface area contributed by atoms with Gasteiger partial charge >= 0.3 is 0 Å². The molecule has 118 valence electrons. The van der Waals surface area contributed by atoms with Gasteiger partial charge in [-0.1, -0.05) is 6.92 Å². The van der Waals surface area contributed by atoms with Crippen molar-refractivity contribution >= 4 is 0 Å². The Morgan fingerprint density at radius 2 is 1.90 bits per heavy atom. The minimum atomic E-state index is 0.151. The third-order valence-electron chi connectivity index (χ3n) is 4.72. The summed E-state index contributed by atoms with van der Waals surface area (Å²) < 4.78 is 11.6. The Balaban J connectivity index is 1.77. The lowest BCUT2D eigenvalue weighted by Crippen LogP contribution is -2.45. The molecule has 1 spiro atoms. The fourth-order valence-electron chi connectivity index (χ4n) is 3.56. The van der Waals surface area contributed by atoms with Crippen LogP contribution in [0.5, 0.6) is 0 Å². The molecule has 2 heterocycles. The van der Waals surface area contributed by atoms with Crippen LogP contribution >= 0.6 is 0 Å². The molecule has 2 aliphatic heterocycles. The Morgan fingerprint density at radius 1 is 1.20 bits per heavy atom. The number of ether oxygens (including phenoxy) is 2. The van der Waals surface area contributed by atoms with Gasteiger partial charge in [0.2, 0.25) is 0 Å². The molecule has 1 N–H and O–H groups in total. The van der Waals surface area contributed by atoms with Gasteiger partial charge in [-0.15, -0.1) is 0 Å². The lowest BCUT2D eigenvalue weighted by Gasteiger charge is -2.44. The second kappa shape index (κ2) is 6.76. The van der Waals surface area contributed by atoms with E-state index in [4.69, 9.17) is 9.47 Å². The van der Waals surface area contributed by atoms with Crippen molar-refractivity contribution < 1.29 is 9.47 Å². The fraction of sp³-hybridized carbons (Fsp3) is 1.00. The fourth-order valence-corrected chi connectivity index (χ4v) is 3.56. The van der Waals surface area contributed by atoms with Gasteiger partial charge in [-0.25, -0.2) is 0 Å². The van der Waals surface area contributed by atoms with E-state index in [0.717, 1.165) is 51.0 Å². The molecule has 0 aromatic rings. The first kappa shape index (κ1) is 16.3. The molecule has 20 heavy (non-hydrogen) atoms. The number of hydrogen-bond donors (Lipinski definition) is 1. The maximum absolute atomic E-state index is 6.14. The van der Waals surface area contributed by atoms with Crippen LogP contribution in [0.4, 0.5) is 0 Å². The SMILES string of the molecule is CC(CNC(C)(C)C)CC1CCOC2(CCOCC2)C1. The van der Waals surface area contributed by atoms with E-state index in [1.54, 1.807) is 0 Å². The molecule has 2 atom stereocenters. The summed E-state index contributed by atoms with van der Waals surface area (Å²) in [5, 5.41) is 3.63. The predicted molar refractivity (Wildman–Crippen MR) is 83.0 cm³/mol. The van der Waals surface area contributed by atoms with Crippen molar-refractivity contribution in [3.63, 3.8) is 0 Å². The molecule has 2 fully saturated rings. The highest BCUT2D eigenvalue weighted by Gasteiger charge is 2.39. The van der Waals surface area contributed by atoms with Gasteiger partial charge in [-0.05, 0) is 71.3 Å². The smallest absolute Gasteiger partial charge is 0.0729 e. The molecule has 0 aromatic heterocycles. The summed E-state index contributed by atoms with van der Waals surface area (Å²) in [6, 6.07) is 0. The Morgan fingerprint density at radius 3 is 2.55 bits per heavy atom. The quantitative estimate of drug-likeness (QED) is 0.858. The first-order valence-corrected chi connectivity index (χ1v) is 8.35. The van der Waals surface area contributed by atoms with Gasteiger partial charge in [0, 0.05) is 25.4 Å². The normalized spacial score (nSPS) is 28.5. The molecule has 0 bridgehead atoms. The van der Waals surface area contributed by atoms with E-state index in [0.29, 0.717) is 0 Å². The molecule has 0 radical (unpaired) electrons. The first-order chi connectivity index (χ1) is 9.39. The molecule has 2 unspecified atom stereocenters. The summed E-state index contributed by atoms with van der Waals surface area (Å²) in [5.74, 6) is 1.58. The molecular weight excluding hydrogens is 250 g/mol. The van der Waals surface area contributed by atoms with Crippen molar-refractivity contribution in [3.8, 4) is 0 Å². The molecule has 0 aromatic carbocycles. The second-order valence-corrected chi connectivity index (χ2v) is 7.97. The standard InChI is InChI=1S/C17H33NO2/c1-14(13-18-16(2,3)4)11-15-5-8-20-17(12-15)6-9-19-10-7-17/h14-15,18H,5-13H2,1-4H3. The Kier molecular flexibility index (Phi) is 5.49. The summed E-state index contributed by atoms with van der Waals surface area (Å²) in [6.07, 6.45) is 6.00. The minimum absolute atomic E-state index is 0.151. The zero-order valence-electron chi connectivity index (χ0n) is 13.8. The van der Waals surface area contributed by atoms with E-state index < -0.39 is 0 Å². The maximum Gasteiger partial charge on any atom is 0.0729 e. The van der Waals surface area contributed by atoms with Gasteiger partial charge in [0.15, 0.2) is 0 Å². The molecule has 0 saturated carbocycles. The monoisotopic (exact) mass is 283 g/mol. The van der Waals surface area contributed by atoms with Crippen molar-refractivity contribution in [2.24, 2.45) is 11.8 Å². The Bertz CT molecular complexity index is 286. The average Bonchev–Trinajstić information content (AvgIpc) is 2.37. The number of rotatable bonds is 4. The third-order valence-corrected chi connectivity index (χ3v) is 4.72. The topological polar surface area (TPSA) is 30.5 Å². The molecule has 2 saturated heterocycles. The van der Waals surface area contributed by atoms with Gasteiger partial charge in [0.1, 0.15) is 0 Å². The molecular formula is C17H33NO2. The maximum atomic E-state index is 6.14. The zero-order valence-corrected chi connectivity index (χ0v) is 13.8. The summed E-state index contributed by atoms with van der Waals surface area (Å²) in [4.78, 5) is 0. The summed E-state index contributed by atoms with van der Waals surface area (Å²) in [7, 11) is 0. The van der Waals surface area contributed by atoms with Crippen LogP contribution in [0, 0.1) is 11.8 Å². The molecule has 0 amide bonds. The highest BCUT2D eigenvalue weighted by molar-refractivity contribution is 4.89. The third kappa shape index (κ3) is 5.01. The van der Waals surface area contributed by atoms with E-state index in [1.807, 2.05) is 0 Å². The van der Waals surface area contributed by atoms with Crippen LogP contribution in [0.1, 0.15) is 59.8 Å². The summed E-state index contributed by atoms with van der Waals surface area (Å²) in [6.45, 7) is 12.9. The second-order valence-electron chi connectivity index (χ2n) is 7.97. The van der Waals surface area contributed by atoms with Crippen molar-refractivity contribution in [1.82, 2.24) is 5.32 Å². The lowest BCUT2D eigenvalue weighted by atomic mass is 9.77. The van der Waals surface area contributed by atoms with Crippen LogP contribution in [-0.4, -0.2) is 37.5 Å². The van der Waals surface area contributed by atoms with Crippen molar-refractivity contribution in [3.05, 3.63) is 0 Å². The number of hydrogen-bond acceptors (Lipinski definition) is 3. The van der Waals surface area contributed by atoms with E-state index in [2.05, 4.69) is 33.0 Å². The summed E-state index contributed by atoms with van der Waals surface area (Å²) in [5.41, 5.74) is 0.379. The minimum Gasteiger partial charge on any atom is -0.381 e. The lowest BCUT2D eigenvalue weighted by molar-refractivity contribution is -0.148. The first-order valence-electron chi connectivity index (χ1n) is 8.35. The van der Waals surface area contributed by atoms with Gasteiger partial charge in [-0.2, -0.15) is 0 Å². The van der Waals surface area contributed by atoms with E-state index in [-0.39, 0.29) is 11.1 Å². The van der Waals surface area contributed by atoms with Crippen LogP contribution in [0.3, 0.4) is 0 Å². The van der Waals surface area contributed by atoms with Gasteiger partial charge in [-0.3, -0.25) is 0 Å². The van der Waals surface area contributed by atoms with Crippen molar-refractivity contribution in [1.29, 1.82) is 0 Å². The van der Waals surface area contributed by atoms with Crippen LogP contribution in [0.2, 0.25) is 0 Å². The van der Waals surface area contributed by atoms with Gasteiger partial charge in [0.25, 0.3) is 0 Å². The number of nitrogens with one attached hydrogen (secondary N) is 1. The molecule has 3 nitrogen and oxygen atoms in total. The Hall–Kier alpha value is -0.120. The zero-order chi connectivity index (χ0) is 14.6. The highest BCUT2D eigenvalue weighted by atomic mass is 16.5. The van der Waals surface area contributed by atoms with E-state index in [9.17, 15) is 0 Å². The van der Waals surface area contributed by atoms with Crippen molar-refractivity contribution in [2.75, 3.05) is 26.4 Å². The highest BCUT2D eigenvalue weighted by Crippen LogP contribution is 2.39. The molecule has 2 rings (SSSR count). The van der Waals surface area contributed by atoms with E-state index >= 15 is 0 Å². The molecule has 2 aliphatic rings. The van der Waals surface area contributed by atoms with Crippen LogP contribution in [-0.2, 0) is 9.47 Å².